The molecule has 0 unspecified atom stereocenters. The molecule has 2 aromatic rings. The Balaban J connectivity index is 0.000000509. The Bertz CT molecular complexity index is 967. The Hall–Kier alpha value is -2.14. The minimum Gasteiger partial charge on any atom is -0.367 e. The molecular formula is C20H25ClF3N5O2S. The zero-order chi connectivity index (χ0) is 23.3. The summed E-state index contributed by atoms with van der Waals surface area (Å²) >= 11 is 8.21. The zero-order valence-electron chi connectivity index (χ0n) is 17.6. The summed E-state index contributed by atoms with van der Waals surface area (Å²) in [6.07, 6.45) is 0.0341. The molecule has 2 aliphatic heterocycles. The Morgan fingerprint density at radius 3 is 2.38 bits per heavy atom. The number of anilines is 1. The van der Waals surface area contributed by atoms with E-state index < -0.39 is 23.3 Å². The number of hydrogen-bond acceptors (Lipinski definition) is 5. The molecule has 12 heteroatoms. The lowest BCUT2D eigenvalue weighted by atomic mass is 10.2. The van der Waals surface area contributed by atoms with Crippen LogP contribution in [0.4, 0.5) is 18.9 Å². The van der Waals surface area contributed by atoms with Crippen LogP contribution in [0.3, 0.4) is 0 Å². The number of imidazole rings is 1. The lowest BCUT2D eigenvalue weighted by Gasteiger charge is -2.11. The van der Waals surface area contributed by atoms with Crippen LogP contribution in [0.15, 0.2) is 12.3 Å². The molecule has 2 saturated heterocycles. The standard InChI is InChI=1S/C16H17ClF3N5O2.C4H8S/c1-2-11(26)21-3-4-22-15(27)12-13(17)25-8-9(24-5-6-24)7-10(14(25)23-12)16(18,19)20;1-2-4-5-3-1/h7-8H,2-6H2,1H3,(H,21,26)(H,22,27);1-4H2. The van der Waals surface area contributed by atoms with Crippen molar-refractivity contribution in [2.75, 3.05) is 42.6 Å². The average Bonchev–Trinajstić information content (AvgIpc) is 3.30. The number of hydrogen-bond donors (Lipinski definition) is 2. The minimum atomic E-state index is -4.64. The number of aromatic nitrogens is 2. The van der Waals surface area contributed by atoms with Crippen molar-refractivity contribution >= 4 is 46.5 Å². The highest BCUT2D eigenvalue weighted by Gasteiger charge is 2.37. The van der Waals surface area contributed by atoms with E-state index in [0.29, 0.717) is 25.2 Å². The minimum absolute atomic E-state index is 0.0972. The van der Waals surface area contributed by atoms with Crippen molar-refractivity contribution in [2.45, 2.75) is 32.4 Å². The van der Waals surface area contributed by atoms with E-state index in [4.69, 9.17) is 11.6 Å². The number of rotatable bonds is 6. The highest BCUT2D eigenvalue weighted by atomic mass is 35.5. The van der Waals surface area contributed by atoms with Gasteiger partial charge in [-0.3, -0.25) is 14.0 Å². The Labute approximate surface area is 193 Å². The smallest absolute Gasteiger partial charge is 0.367 e. The molecule has 0 aromatic carbocycles. The van der Waals surface area contributed by atoms with Crippen LogP contribution in [-0.2, 0) is 11.0 Å². The van der Waals surface area contributed by atoms with Crippen molar-refractivity contribution in [1.29, 1.82) is 0 Å². The Kier molecular flexibility index (Phi) is 8.16. The molecule has 4 rings (SSSR count). The first kappa shape index (κ1) is 24.5. The van der Waals surface area contributed by atoms with Gasteiger partial charge in [0.15, 0.2) is 11.3 Å². The average molecular weight is 492 g/mol. The van der Waals surface area contributed by atoms with Gasteiger partial charge in [-0.05, 0) is 30.4 Å². The first-order valence-electron chi connectivity index (χ1n) is 10.4. The van der Waals surface area contributed by atoms with Crippen molar-refractivity contribution < 1.29 is 22.8 Å². The van der Waals surface area contributed by atoms with Crippen LogP contribution in [0, 0.1) is 0 Å². The summed E-state index contributed by atoms with van der Waals surface area (Å²) < 4.78 is 41.4. The third-order valence-corrected chi connectivity index (χ3v) is 6.38. The van der Waals surface area contributed by atoms with Gasteiger partial charge < -0.3 is 15.5 Å². The number of carbonyl (C=O) groups is 2. The van der Waals surface area contributed by atoms with Gasteiger partial charge in [0.25, 0.3) is 5.91 Å². The maximum atomic E-state index is 13.4. The summed E-state index contributed by atoms with van der Waals surface area (Å²) in [5.41, 5.74) is -1.32. The molecule has 0 atom stereocenters. The number of alkyl halides is 3. The molecule has 0 bridgehead atoms. The van der Waals surface area contributed by atoms with Gasteiger partial charge in [-0.2, -0.15) is 24.9 Å². The molecule has 2 aromatic heterocycles. The fraction of sp³-hybridized carbons (Fsp3) is 0.550. The second-order valence-corrected chi connectivity index (χ2v) is 8.90. The lowest BCUT2D eigenvalue weighted by Crippen LogP contribution is -2.34. The topological polar surface area (TPSA) is 78.5 Å². The summed E-state index contributed by atoms with van der Waals surface area (Å²) in [6.45, 7) is 3.29. The number of nitrogens with one attached hydrogen (secondary N) is 2. The van der Waals surface area contributed by atoms with Crippen LogP contribution in [0.1, 0.15) is 42.2 Å². The van der Waals surface area contributed by atoms with Crippen LogP contribution >= 0.6 is 23.4 Å². The van der Waals surface area contributed by atoms with Crippen molar-refractivity contribution in [3.8, 4) is 0 Å². The normalized spacial score (nSPS) is 15.3. The summed E-state index contributed by atoms with van der Waals surface area (Å²) in [6, 6.07) is 1.01. The first-order chi connectivity index (χ1) is 15.2. The van der Waals surface area contributed by atoms with Gasteiger partial charge in [0.2, 0.25) is 5.91 Å². The molecule has 7 nitrogen and oxygen atoms in total. The summed E-state index contributed by atoms with van der Waals surface area (Å²) in [7, 11) is 0. The van der Waals surface area contributed by atoms with E-state index in [-0.39, 0.29) is 29.8 Å². The van der Waals surface area contributed by atoms with E-state index in [1.807, 2.05) is 0 Å². The number of fused-ring (bicyclic) bond motifs is 1. The molecule has 0 aliphatic carbocycles. The van der Waals surface area contributed by atoms with E-state index in [2.05, 4.69) is 27.4 Å². The summed E-state index contributed by atoms with van der Waals surface area (Å²) in [5, 5.41) is 4.85. The SMILES string of the molecule is C1CCSC1.CCC(=O)NCCNC(=O)c1nc2c(C(F)(F)F)cc(N3CC3)cn2c1Cl. The Morgan fingerprint density at radius 2 is 1.84 bits per heavy atom. The molecular weight excluding hydrogens is 467 g/mol. The number of halogens is 4. The maximum Gasteiger partial charge on any atom is 0.420 e. The molecule has 0 radical (unpaired) electrons. The van der Waals surface area contributed by atoms with E-state index in [9.17, 15) is 22.8 Å². The highest BCUT2D eigenvalue weighted by Crippen LogP contribution is 2.37. The van der Waals surface area contributed by atoms with E-state index in [1.54, 1.807) is 11.8 Å². The van der Waals surface area contributed by atoms with Gasteiger partial charge >= 0.3 is 6.18 Å². The van der Waals surface area contributed by atoms with Crippen molar-refractivity contribution in [2.24, 2.45) is 0 Å². The molecule has 4 heterocycles. The van der Waals surface area contributed by atoms with E-state index in [1.165, 1.54) is 30.5 Å². The second kappa shape index (κ2) is 10.7. The molecule has 32 heavy (non-hydrogen) atoms. The first-order valence-corrected chi connectivity index (χ1v) is 11.9. The zero-order valence-corrected chi connectivity index (χ0v) is 19.2. The lowest BCUT2D eigenvalue weighted by molar-refractivity contribution is -0.136. The van der Waals surface area contributed by atoms with Gasteiger partial charge in [-0.25, -0.2) is 4.98 Å². The number of thioether (sulfide) groups is 1. The van der Waals surface area contributed by atoms with Gasteiger partial charge in [-0.1, -0.05) is 18.5 Å². The quantitative estimate of drug-likeness (QED) is 0.477. The molecule has 2 N–H and O–H groups in total. The predicted molar refractivity (Wildman–Crippen MR) is 120 cm³/mol. The molecule has 176 valence electrons. The molecule has 0 saturated carbocycles. The largest absolute Gasteiger partial charge is 0.420 e. The van der Waals surface area contributed by atoms with Crippen LogP contribution in [0.25, 0.3) is 5.65 Å². The summed E-state index contributed by atoms with van der Waals surface area (Å²) in [5.74, 6) is 1.95. The monoisotopic (exact) mass is 491 g/mol. The fourth-order valence-corrected chi connectivity index (χ4v) is 4.31. The number of amides is 2. The van der Waals surface area contributed by atoms with Crippen LogP contribution < -0.4 is 15.5 Å². The highest BCUT2D eigenvalue weighted by molar-refractivity contribution is 7.99. The van der Waals surface area contributed by atoms with Gasteiger partial charge in [0.1, 0.15) is 10.7 Å². The third-order valence-electron chi connectivity index (χ3n) is 4.86. The van der Waals surface area contributed by atoms with Gasteiger partial charge in [0.05, 0.1) is 5.69 Å². The fourth-order valence-electron chi connectivity index (χ4n) is 3.03. The van der Waals surface area contributed by atoms with Gasteiger partial charge in [-0.15, -0.1) is 0 Å². The predicted octanol–water partition coefficient (Wildman–Crippen LogP) is 3.60. The van der Waals surface area contributed by atoms with Crippen molar-refractivity contribution in [1.82, 2.24) is 20.0 Å². The van der Waals surface area contributed by atoms with Crippen molar-refractivity contribution in [3.63, 3.8) is 0 Å². The van der Waals surface area contributed by atoms with Crippen molar-refractivity contribution in [3.05, 3.63) is 28.7 Å². The second-order valence-electron chi connectivity index (χ2n) is 7.32. The van der Waals surface area contributed by atoms with Crippen LogP contribution in [-0.4, -0.2) is 58.9 Å². The molecule has 2 fully saturated rings. The van der Waals surface area contributed by atoms with Crippen LogP contribution in [0.5, 0.6) is 0 Å². The molecule has 2 amide bonds. The molecule has 0 spiro atoms. The van der Waals surface area contributed by atoms with E-state index in [0.717, 1.165) is 10.5 Å². The maximum absolute atomic E-state index is 13.4. The van der Waals surface area contributed by atoms with Gasteiger partial charge in [0, 0.05) is 38.8 Å². The Morgan fingerprint density at radius 1 is 1.19 bits per heavy atom. The third kappa shape index (κ3) is 6.22. The number of carbonyl (C=O) groups excluding carboxylic acids is 2. The van der Waals surface area contributed by atoms with E-state index >= 15 is 0 Å². The van der Waals surface area contributed by atoms with Crippen LogP contribution in [0.2, 0.25) is 5.15 Å². The number of pyridine rings is 1. The molecule has 2 aliphatic rings. The number of nitrogens with zero attached hydrogens (tertiary/aromatic N) is 3. The summed E-state index contributed by atoms with van der Waals surface area (Å²) in [4.78, 5) is 29.0.